The van der Waals surface area contributed by atoms with Crippen LogP contribution in [0.3, 0.4) is 0 Å². The van der Waals surface area contributed by atoms with E-state index in [0.717, 1.165) is 42.7 Å². The van der Waals surface area contributed by atoms with Crippen LogP contribution in [0.15, 0.2) is 18.2 Å². The fourth-order valence-corrected chi connectivity index (χ4v) is 3.43. The summed E-state index contributed by atoms with van der Waals surface area (Å²) in [5.74, 6) is 0.776. The maximum atomic E-state index is 6.18. The SMILES string of the molecule is Clc1cccc(Cl)c1Cc1nsc(N2CCNCC2)n1. The molecular weight excluding hydrogens is 315 g/mol. The molecule has 4 nitrogen and oxygen atoms in total. The van der Waals surface area contributed by atoms with E-state index in [1.165, 1.54) is 11.5 Å². The van der Waals surface area contributed by atoms with Crippen molar-refractivity contribution in [2.75, 3.05) is 31.1 Å². The van der Waals surface area contributed by atoms with Crippen molar-refractivity contribution in [1.29, 1.82) is 0 Å². The molecular formula is C13H14Cl2N4S. The van der Waals surface area contributed by atoms with Crippen LogP contribution in [-0.2, 0) is 6.42 Å². The van der Waals surface area contributed by atoms with Crippen molar-refractivity contribution in [3.63, 3.8) is 0 Å². The van der Waals surface area contributed by atoms with E-state index in [1.807, 2.05) is 18.2 Å². The summed E-state index contributed by atoms with van der Waals surface area (Å²) in [6, 6.07) is 5.52. The van der Waals surface area contributed by atoms with Crippen LogP contribution in [0.4, 0.5) is 5.13 Å². The van der Waals surface area contributed by atoms with Crippen LogP contribution in [0, 0.1) is 0 Å². The predicted octanol–water partition coefficient (Wildman–Crippen LogP) is 2.85. The van der Waals surface area contributed by atoms with Crippen molar-refractivity contribution in [3.05, 3.63) is 39.6 Å². The highest BCUT2D eigenvalue weighted by molar-refractivity contribution is 7.09. The Balaban J connectivity index is 1.77. The Morgan fingerprint density at radius 1 is 1.20 bits per heavy atom. The molecule has 2 aromatic rings. The lowest BCUT2D eigenvalue weighted by atomic mass is 10.1. The second-order valence-electron chi connectivity index (χ2n) is 4.61. The Kier molecular flexibility index (Phi) is 4.41. The van der Waals surface area contributed by atoms with Gasteiger partial charge in [-0.05, 0) is 17.7 Å². The molecule has 1 aromatic carbocycles. The highest BCUT2D eigenvalue weighted by Crippen LogP contribution is 2.27. The molecule has 0 spiro atoms. The molecule has 0 unspecified atom stereocenters. The average molecular weight is 329 g/mol. The van der Waals surface area contributed by atoms with E-state index in [2.05, 4.69) is 19.6 Å². The summed E-state index contributed by atoms with van der Waals surface area (Å²) in [5, 5.41) is 5.63. The molecule has 0 atom stereocenters. The Hall–Kier alpha value is -0.880. The van der Waals surface area contributed by atoms with Crippen molar-refractivity contribution in [2.45, 2.75) is 6.42 Å². The van der Waals surface area contributed by atoms with Gasteiger partial charge in [-0.25, -0.2) is 4.98 Å². The summed E-state index contributed by atoms with van der Waals surface area (Å²) in [6.45, 7) is 3.93. The largest absolute Gasteiger partial charge is 0.344 e. The highest BCUT2D eigenvalue weighted by Gasteiger charge is 2.16. The summed E-state index contributed by atoms with van der Waals surface area (Å²) >= 11 is 13.8. The van der Waals surface area contributed by atoms with Gasteiger partial charge in [0, 0.05) is 54.2 Å². The van der Waals surface area contributed by atoms with E-state index < -0.39 is 0 Å². The van der Waals surface area contributed by atoms with Gasteiger partial charge in [0.1, 0.15) is 5.82 Å². The van der Waals surface area contributed by atoms with Gasteiger partial charge in [0.15, 0.2) is 0 Å². The van der Waals surface area contributed by atoms with E-state index in [0.29, 0.717) is 16.5 Å². The zero-order valence-corrected chi connectivity index (χ0v) is 13.1. The van der Waals surface area contributed by atoms with Crippen LogP contribution < -0.4 is 10.2 Å². The molecule has 1 aliphatic heterocycles. The third kappa shape index (κ3) is 3.06. The maximum Gasteiger partial charge on any atom is 0.205 e. The first kappa shape index (κ1) is 14.1. The zero-order chi connectivity index (χ0) is 13.9. The normalized spacial score (nSPS) is 15.6. The quantitative estimate of drug-likeness (QED) is 0.940. The minimum absolute atomic E-state index is 0.571. The van der Waals surface area contributed by atoms with Crippen molar-refractivity contribution < 1.29 is 0 Å². The molecule has 0 aliphatic carbocycles. The minimum atomic E-state index is 0.571. The Morgan fingerprint density at radius 2 is 1.90 bits per heavy atom. The van der Waals surface area contributed by atoms with Crippen LogP contribution in [0.1, 0.15) is 11.4 Å². The standard InChI is InChI=1S/C13H14Cl2N4S/c14-10-2-1-3-11(15)9(10)8-12-17-13(20-18-12)19-6-4-16-5-7-19/h1-3,16H,4-8H2. The van der Waals surface area contributed by atoms with Gasteiger partial charge in [0.05, 0.1) is 0 Å². The van der Waals surface area contributed by atoms with Crippen LogP contribution in [0.25, 0.3) is 0 Å². The van der Waals surface area contributed by atoms with Crippen molar-refractivity contribution in [2.24, 2.45) is 0 Å². The molecule has 1 fully saturated rings. The first-order valence-corrected chi connectivity index (χ1v) is 7.98. The Labute approximate surface area is 131 Å². The van der Waals surface area contributed by atoms with Gasteiger partial charge in [-0.2, -0.15) is 4.37 Å². The second kappa shape index (κ2) is 6.26. The van der Waals surface area contributed by atoms with E-state index in [-0.39, 0.29) is 0 Å². The van der Waals surface area contributed by atoms with Gasteiger partial charge in [-0.1, -0.05) is 29.3 Å². The number of hydrogen-bond acceptors (Lipinski definition) is 5. The molecule has 1 aromatic heterocycles. The number of halogens is 2. The Bertz CT molecular complexity index is 576. The first-order chi connectivity index (χ1) is 9.74. The monoisotopic (exact) mass is 328 g/mol. The molecule has 1 saturated heterocycles. The third-order valence-corrected chi connectivity index (χ3v) is 4.76. The lowest BCUT2D eigenvalue weighted by Crippen LogP contribution is -2.43. The van der Waals surface area contributed by atoms with Crippen LogP contribution >= 0.6 is 34.7 Å². The lowest BCUT2D eigenvalue weighted by Gasteiger charge is -2.26. The number of piperazine rings is 1. The molecule has 7 heteroatoms. The van der Waals surface area contributed by atoms with Gasteiger partial charge in [-0.15, -0.1) is 0 Å². The van der Waals surface area contributed by atoms with E-state index >= 15 is 0 Å². The Morgan fingerprint density at radius 3 is 2.60 bits per heavy atom. The van der Waals surface area contributed by atoms with Gasteiger partial charge >= 0.3 is 0 Å². The van der Waals surface area contributed by atoms with Gasteiger partial charge in [0.2, 0.25) is 5.13 Å². The topological polar surface area (TPSA) is 41.1 Å². The molecule has 106 valence electrons. The minimum Gasteiger partial charge on any atom is -0.344 e. The molecule has 1 N–H and O–H groups in total. The zero-order valence-electron chi connectivity index (χ0n) is 10.8. The summed E-state index contributed by atoms with van der Waals surface area (Å²) in [7, 11) is 0. The van der Waals surface area contributed by atoms with Gasteiger partial charge < -0.3 is 10.2 Å². The van der Waals surface area contributed by atoms with E-state index in [4.69, 9.17) is 23.2 Å². The van der Waals surface area contributed by atoms with E-state index in [1.54, 1.807) is 0 Å². The molecule has 0 saturated carbocycles. The van der Waals surface area contributed by atoms with Crippen LogP contribution in [-0.4, -0.2) is 35.5 Å². The van der Waals surface area contributed by atoms with Gasteiger partial charge in [-0.3, -0.25) is 0 Å². The fraction of sp³-hybridized carbons (Fsp3) is 0.385. The second-order valence-corrected chi connectivity index (χ2v) is 6.15. The number of nitrogens with zero attached hydrogens (tertiary/aromatic N) is 3. The number of hydrogen-bond donors (Lipinski definition) is 1. The van der Waals surface area contributed by atoms with E-state index in [9.17, 15) is 0 Å². The van der Waals surface area contributed by atoms with Crippen molar-refractivity contribution in [3.8, 4) is 0 Å². The van der Waals surface area contributed by atoms with Crippen LogP contribution in [0.5, 0.6) is 0 Å². The number of nitrogens with one attached hydrogen (secondary N) is 1. The summed E-state index contributed by atoms with van der Waals surface area (Å²) in [5.41, 5.74) is 0.889. The number of aromatic nitrogens is 2. The molecule has 0 amide bonds. The number of benzene rings is 1. The van der Waals surface area contributed by atoms with Crippen LogP contribution in [0.2, 0.25) is 10.0 Å². The van der Waals surface area contributed by atoms with Gasteiger partial charge in [0.25, 0.3) is 0 Å². The van der Waals surface area contributed by atoms with Crippen molar-refractivity contribution in [1.82, 2.24) is 14.7 Å². The molecule has 0 bridgehead atoms. The molecule has 2 heterocycles. The number of rotatable bonds is 3. The average Bonchev–Trinajstić information content (AvgIpc) is 2.93. The number of anilines is 1. The van der Waals surface area contributed by atoms with Crippen molar-refractivity contribution >= 4 is 39.9 Å². The molecule has 20 heavy (non-hydrogen) atoms. The first-order valence-electron chi connectivity index (χ1n) is 6.45. The highest BCUT2D eigenvalue weighted by atomic mass is 35.5. The molecule has 3 rings (SSSR count). The lowest BCUT2D eigenvalue weighted by molar-refractivity contribution is 0.588. The predicted molar refractivity (Wildman–Crippen MR) is 84.3 cm³/mol. The maximum absolute atomic E-state index is 6.18. The third-order valence-electron chi connectivity index (χ3n) is 3.24. The molecule has 0 radical (unpaired) electrons. The fourth-order valence-electron chi connectivity index (χ4n) is 2.16. The molecule has 1 aliphatic rings. The summed E-state index contributed by atoms with van der Waals surface area (Å²) in [4.78, 5) is 6.86. The summed E-state index contributed by atoms with van der Waals surface area (Å²) in [6.07, 6.45) is 0.571. The smallest absolute Gasteiger partial charge is 0.205 e. The summed E-state index contributed by atoms with van der Waals surface area (Å²) < 4.78 is 4.42.